The third-order valence-corrected chi connectivity index (χ3v) is 3.08. The fourth-order valence-electron chi connectivity index (χ4n) is 2.13. The Balaban J connectivity index is 2.48. The van der Waals surface area contributed by atoms with Crippen LogP contribution in [0.3, 0.4) is 0 Å². The average molecular weight is 267 g/mol. The summed E-state index contributed by atoms with van der Waals surface area (Å²) < 4.78 is 11.1. The Morgan fingerprint density at radius 3 is 2.39 bits per heavy atom. The Hall–Kier alpha value is -1.32. The highest BCUT2D eigenvalue weighted by atomic mass is 35.5. The summed E-state index contributed by atoms with van der Waals surface area (Å²) in [6, 6.07) is 7.00. The van der Waals surface area contributed by atoms with E-state index in [2.05, 4.69) is 6.58 Å². The third kappa shape index (κ3) is 2.16. The van der Waals surface area contributed by atoms with Crippen molar-refractivity contribution >= 4 is 17.6 Å². The number of esters is 1. The predicted octanol–water partition coefficient (Wildman–Crippen LogP) is 3.42. The molecular weight excluding hydrogens is 252 g/mol. The SMILES string of the molecule is C=CCC1(c2ccc(Cl)cc2)OC(C)(C)OC1=O. The minimum atomic E-state index is -1.12. The molecule has 1 unspecified atom stereocenters. The number of hydrogen-bond donors (Lipinski definition) is 0. The molecule has 1 aliphatic heterocycles. The van der Waals surface area contributed by atoms with E-state index in [4.69, 9.17) is 21.1 Å². The van der Waals surface area contributed by atoms with E-state index < -0.39 is 17.4 Å². The first-order valence-electron chi connectivity index (χ1n) is 5.70. The number of benzene rings is 1. The zero-order chi connectivity index (χ0) is 13.4. The molecule has 0 amide bonds. The van der Waals surface area contributed by atoms with Crippen LogP contribution in [0.15, 0.2) is 36.9 Å². The van der Waals surface area contributed by atoms with Gasteiger partial charge in [0.15, 0.2) is 5.60 Å². The molecular formula is C14H15ClO3. The van der Waals surface area contributed by atoms with Crippen LogP contribution in [0.5, 0.6) is 0 Å². The lowest BCUT2D eigenvalue weighted by Gasteiger charge is -2.25. The molecule has 1 saturated heterocycles. The molecule has 96 valence electrons. The lowest BCUT2D eigenvalue weighted by molar-refractivity contribution is -0.167. The van der Waals surface area contributed by atoms with Crippen molar-refractivity contribution in [3.05, 3.63) is 47.5 Å². The van der Waals surface area contributed by atoms with E-state index in [0.717, 1.165) is 5.56 Å². The predicted molar refractivity (Wildman–Crippen MR) is 69.2 cm³/mol. The summed E-state index contributed by atoms with van der Waals surface area (Å²) in [5.74, 6) is -1.32. The average Bonchev–Trinajstić information content (AvgIpc) is 2.50. The van der Waals surface area contributed by atoms with E-state index in [1.54, 1.807) is 44.2 Å². The summed E-state index contributed by atoms with van der Waals surface area (Å²) in [5, 5.41) is 0.609. The Bertz CT molecular complexity index is 478. The standard InChI is InChI=1S/C14H15ClO3/c1-4-9-14(10-5-7-11(15)8-6-10)12(16)17-13(2,3)18-14/h4-8H,1,9H2,2-3H3. The number of cyclic esters (lactones) is 1. The number of halogens is 1. The van der Waals surface area contributed by atoms with Crippen molar-refractivity contribution in [3.8, 4) is 0 Å². The highest BCUT2D eigenvalue weighted by molar-refractivity contribution is 6.30. The van der Waals surface area contributed by atoms with Crippen molar-refractivity contribution in [2.24, 2.45) is 0 Å². The van der Waals surface area contributed by atoms with Crippen molar-refractivity contribution in [1.29, 1.82) is 0 Å². The smallest absolute Gasteiger partial charge is 0.346 e. The fourth-order valence-corrected chi connectivity index (χ4v) is 2.26. The van der Waals surface area contributed by atoms with Gasteiger partial charge in [0, 0.05) is 25.3 Å². The number of ether oxygens (including phenoxy) is 2. The van der Waals surface area contributed by atoms with Crippen LogP contribution in [0, 0.1) is 0 Å². The molecule has 1 aliphatic rings. The molecule has 1 aromatic carbocycles. The molecule has 18 heavy (non-hydrogen) atoms. The van der Waals surface area contributed by atoms with E-state index >= 15 is 0 Å². The number of hydrogen-bond acceptors (Lipinski definition) is 3. The molecule has 0 N–H and O–H groups in total. The van der Waals surface area contributed by atoms with Gasteiger partial charge in [0.25, 0.3) is 0 Å². The van der Waals surface area contributed by atoms with Crippen LogP contribution in [-0.4, -0.2) is 11.8 Å². The minimum Gasteiger partial charge on any atom is -0.431 e. The Morgan fingerprint density at radius 2 is 1.94 bits per heavy atom. The second-order valence-electron chi connectivity index (χ2n) is 4.72. The molecule has 1 heterocycles. The Kier molecular flexibility index (Phi) is 3.21. The zero-order valence-corrected chi connectivity index (χ0v) is 11.2. The Labute approximate surface area is 111 Å². The highest BCUT2D eigenvalue weighted by Crippen LogP contribution is 2.42. The van der Waals surface area contributed by atoms with Gasteiger partial charge in [-0.15, -0.1) is 6.58 Å². The molecule has 1 aromatic rings. The first kappa shape index (κ1) is 13.1. The molecule has 0 bridgehead atoms. The van der Waals surface area contributed by atoms with Gasteiger partial charge in [-0.25, -0.2) is 4.79 Å². The maximum absolute atomic E-state index is 12.2. The van der Waals surface area contributed by atoms with Crippen LogP contribution >= 0.6 is 11.6 Å². The van der Waals surface area contributed by atoms with Crippen LogP contribution in [0.25, 0.3) is 0 Å². The lowest BCUT2D eigenvalue weighted by atomic mass is 9.90. The molecule has 3 nitrogen and oxygen atoms in total. The van der Waals surface area contributed by atoms with Crippen molar-refractivity contribution in [2.75, 3.05) is 0 Å². The quantitative estimate of drug-likeness (QED) is 0.621. The molecule has 1 atom stereocenters. The van der Waals surface area contributed by atoms with Gasteiger partial charge >= 0.3 is 5.97 Å². The molecule has 0 aromatic heterocycles. The van der Waals surface area contributed by atoms with Crippen molar-refractivity contribution in [3.63, 3.8) is 0 Å². The van der Waals surface area contributed by atoms with E-state index in [0.29, 0.717) is 11.4 Å². The monoisotopic (exact) mass is 266 g/mol. The van der Waals surface area contributed by atoms with Crippen LogP contribution in [0.1, 0.15) is 25.8 Å². The number of rotatable bonds is 3. The van der Waals surface area contributed by atoms with Gasteiger partial charge < -0.3 is 9.47 Å². The topological polar surface area (TPSA) is 35.5 Å². The highest BCUT2D eigenvalue weighted by Gasteiger charge is 2.54. The van der Waals surface area contributed by atoms with Crippen LogP contribution < -0.4 is 0 Å². The summed E-state index contributed by atoms with van der Waals surface area (Å²) in [6.07, 6.45) is 2.01. The molecule has 2 rings (SSSR count). The maximum atomic E-state index is 12.2. The number of carbonyl (C=O) groups is 1. The van der Waals surface area contributed by atoms with E-state index in [-0.39, 0.29) is 0 Å². The third-order valence-electron chi connectivity index (χ3n) is 2.83. The van der Waals surface area contributed by atoms with Gasteiger partial charge in [0.2, 0.25) is 5.79 Å². The van der Waals surface area contributed by atoms with Gasteiger partial charge in [-0.3, -0.25) is 0 Å². The van der Waals surface area contributed by atoms with Gasteiger partial charge in [-0.2, -0.15) is 0 Å². The van der Waals surface area contributed by atoms with Gasteiger partial charge in [0.1, 0.15) is 0 Å². The van der Waals surface area contributed by atoms with Crippen molar-refractivity contribution in [1.82, 2.24) is 0 Å². The summed E-state index contributed by atoms with van der Waals surface area (Å²) in [7, 11) is 0. The van der Waals surface area contributed by atoms with Crippen LogP contribution in [0.2, 0.25) is 5.02 Å². The van der Waals surface area contributed by atoms with Gasteiger partial charge in [-0.05, 0) is 17.7 Å². The summed E-state index contributed by atoms with van der Waals surface area (Å²) in [6.45, 7) is 7.11. The Morgan fingerprint density at radius 1 is 1.33 bits per heavy atom. The normalized spacial score (nSPS) is 25.8. The van der Waals surface area contributed by atoms with E-state index in [1.807, 2.05) is 0 Å². The zero-order valence-electron chi connectivity index (χ0n) is 10.4. The molecule has 0 saturated carbocycles. The van der Waals surface area contributed by atoms with E-state index in [1.165, 1.54) is 0 Å². The second-order valence-corrected chi connectivity index (χ2v) is 5.15. The number of carbonyl (C=O) groups excluding carboxylic acids is 1. The van der Waals surface area contributed by atoms with Crippen LogP contribution in [0.4, 0.5) is 0 Å². The molecule has 1 fully saturated rings. The molecule has 4 heteroatoms. The first-order valence-corrected chi connectivity index (χ1v) is 6.08. The fraction of sp³-hybridized carbons (Fsp3) is 0.357. The lowest BCUT2D eigenvalue weighted by Crippen LogP contribution is -2.34. The minimum absolute atomic E-state index is 0.358. The summed E-state index contributed by atoms with van der Waals surface area (Å²) in [5.41, 5.74) is -0.391. The van der Waals surface area contributed by atoms with Gasteiger partial charge in [0.05, 0.1) is 0 Å². The molecule has 0 spiro atoms. The van der Waals surface area contributed by atoms with E-state index in [9.17, 15) is 4.79 Å². The largest absolute Gasteiger partial charge is 0.431 e. The molecule has 0 aliphatic carbocycles. The second kappa shape index (κ2) is 4.41. The van der Waals surface area contributed by atoms with Gasteiger partial charge in [-0.1, -0.05) is 29.8 Å². The maximum Gasteiger partial charge on any atom is 0.346 e. The molecule has 0 radical (unpaired) electrons. The summed E-state index contributed by atoms with van der Waals surface area (Å²) in [4.78, 5) is 12.2. The van der Waals surface area contributed by atoms with Crippen molar-refractivity contribution in [2.45, 2.75) is 31.7 Å². The van der Waals surface area contributed by atoms with Crippen molar-refractivity contribution < 1.29 is 14.3 Å². The van der Waals surface area contributed by atoms with Crippen LogP contribution in [-0.2, 0) is 19.9 Å². The summed E-state index contributed by atoms with van der Waals surface area (Å²) >= 11 is 5.86. The first-order chi connectivity index (χ1) is 8.39.